The summed E-state index contributed by atoms with van der Waals surface area (Å²) in [5.74, 6) is -1.30. The number of methoxy groups -OCH3 is 1. The Balaban J connectivity index is 2.22. The smallest absolute Gasteiger partial charge is 0.316 e. The second-order valence-corrected chi connectivity index (χ2v) is 3.55. The molecule has 2 rings (SSSR count). The molecule has 1 aromatic carbocycles. The topological polar surface area (TPSA) is 84.3 Å². The van der Waals surface area contributed by atoms with Gasteiger partial charge in [0.25, 0.3) is 5.91 Å². The molecule has 1 heterocycles. The van der Waals surface area contributed by atoms with Crippen LogP contribution in [0.3, 0.4) is 0 Å². The predicted octanol–water partition coefficient (Wildman–Crippen LogP) is 1.58. The molecule has 0 fully saturated rings. The van der Waals surface area contributed by atoms with Crippen molar-refractivity contribution in [3.8, 4) is 11.8 Å². The maximum Gasteiger partial charge on any atom is 0.316 e. The van der Waals surface area contributed by atoms with Crippen LogP contribution in [0.25, 0.3) is 0 Å². The van der Waals surface area contributed by atoms with Crippen LogP contribution >= 0.6 is 0 Å². The number of ether oxygens (including phenoxy) is 1. The van der Waals surface area contributed by atoms with E-state index in [-0.39, 0.29) is 11.4 Å². The van der Waals surface area contributed by atoms with Crippen LogP contribution in [0.4, 0.5) is 10.2 Å². The first kappa shape index (κ1) is 12.7. The minimum atomic E-state index is -0.839. The normalized spacial score (nSPS) is 10.0. The summed E-state index contributed by atoms with van der Waals surface area (Å²) in [5, 5.41) is 11.3. The van der Waals surface area contributed by atoms with E-state index >= 15 is 0 Å². The molecule has 98 valence electrons. The summed E-state index contributed by atoms with van der Waals surface area (Å²) in [6.45, 7) is 0. The third kappa shape index (κ3) is 2.95. The Bertz CT molecular complexity index is 619. The van der Waals surface area contributed by atoms with E-state index in [1.807, 2.05) is 0 Å². The number of nitrogens with zero attached hydrogens (tertiary/aromatic N) is 2. The van der Waals surface area contributed by atoms with Crippen molar-refractivity contribution in [2.45, 2.75) is 0 Å². The van der Waals surface area contributed by atoms with Crippen LogP contribution < -0.4 is 10.1 Å². The van der Waals surface area contributed by atoms with Crippen LogP contribution in [-0.4, -0.2) is 28.1 Å². The van der Waals surface area contributed by atoms with Gasteiger partial charge in [0.2, 0.25) is 0 Å². The van der Waals surface area contributed by atoms with Crippen LogP contribution in [0.1, 0.15) is 10.4 Å². The van der Waals surface area contributed by atoms with Crippen molar-refractivity contribution in [3.05, 3.63) is 41.8 Å². The molecule has 2 N–H and O–H groups in total. The van der Waals surface area contributed by atoms with Gasteiger partial charge in [-0.15, -0.1) is 0 Å². The van der Waals surface area contributed by atoms with Crippen LogP contribution in [0.5, 0.6) is 11.8 Å². The average molecular weight is 263 g/mol. The van der Waals surface area contributed by atoms with Crippen molar-refractivity contribution in [3.63, 3.8) is 0 Å². The minimum Gasteiger partial charge on any atom is -0.497 e. The second kappa shape index (κ2) is 5.30. The van der Waals surface area contributed by atoms with E-state index in [0.717, 1.165) is 6.20 Å². The van der Waals surface area contributed by atoms with Gasteiger partial charge in [0.1, 0.15) is 5.75 Å². The van der Waals surface area contributed by atoms with Crippen molar-refractivity contribution in [2.24, 2.45) is 0 Å². The summed E-state index contributed by atoms with van der Waals surface area (Å²) >= 11 is 0. The quantitative estimate of drug-likeness (QED) is 0.878. The number of nitrogens with one attached hydrogen (secondary N) is 1. The number of halogens is 1. The molecule has 2 aromatic rings. The molecule has 0 atom stereocenters. The number of anilines is 1. The zero-order valence-corrected chi connectivity index (χ0v) is 9.92. The molecular weight excluding hydrogens is 253 g/mol. The Hall–Kier alpha value is -2.70. The average Bonchev–Trinajstić information content (AvgIpc) is 2.43. The standard InChI is InChI=1S/C12H10FN3O3/c1-19-8-4-2-3-7(5-8)11(17)15-10-9(13)6-14-12(18)16-10/h2-6H,1H3,(H2,14,15,16,17,18). The van der Waals surface area contributed by atoms with Gasteiger partial charge in [0.05, 0.1) is 13.3 Å². The maximum atomic E-state index is 13.3. The molecule has 1 amide bonds. The first-order chi connectivity index (χ1) is 9.10. The summed E-state index contributed by atoms with van der Waals surface area (Å²) in [4.78, 5) is 18.5. The lowest BCUT2D eigenvalue weighted by molar-refractivity contribution is 0.102. The van der Waals surface area contributed by atoms with Gasteiger partial charge < -0.3 is 15.2 Å². The highest BCUT2D eigenvalue weighted by Gasteiger charge is 2.12. The number of hydrogen-bond acceptors (Lipinski definition) is 5. The second-order valence-electron chi connectivity index (χ2n) is 3.55. The van der Waals surface area contributed by atoms with Crippen molar-refractivity contribution in [2.75, 3.05) is 12.4 Å². The number of carbonyl (C=O) groups is 1. The minimum absolute atomic E-state index is 0.275. The number of carbonyl (C=O) groups excluding carboxylic acids is 1. The SMILES string of the molecule is COc1cccc(C(=O)Nc2nc(O)ncc2F)c1. The third-order valence-electron chi connectivity index (χ3n) is 2.30. The summed E-state index contributed by atoms with van der Waals surface area (Å²) in [5.41, 5.74) is 0.275. The number of aromatic nitrogens is 2. The van der Waals surface area contributed by atoms with Crippen LogP contribution in [0.15, 0.2) is 30.5 Å². The summed E-state index contributed by atoms with van der Waals surface area (Å²) in [7, 11) is 1.47. The first-order valence-corrected chi connectivity index (χ1v) is 5.27. The fourth-order valence-corrected chi connectivity index (χ4v) is 1.39. The molecule has 7 heteroatoms. The van der Waals surface area contributed by atoms with Gasteiger partial charge in [0, 0.05) is 5.56 Å². The molecule has 1 aromatic heterocycles. The highest BCUT2D eigenvalue weighted by Crippen LogP contribution is 2.16. The number of amides is 1. The molecular formula is C12H10FN3O3. The van der Waals surface area contributed by atoms with E-state index in [0.29, 0.717) is 5.75 Å². The number of hydrogen-bond donors (Lipinski definition) is 2. The van der Waals surface area contributed by atoms with Crippen molar-refractivity contribution >= 4 is 11.7 Å². The van der Waals surface area contributed by atoms with Gasteiger partial charge in [-0.3, -0.25) is 4.79 Å². The highest BCUT2D eigenvalue weighted by atomic mass is 19.1. The van der Waals surface area contributed by atoms with Gasteiger partial charge in [0.15, 0.2) is 11.6 Å². The van der Waals surface area contributed by atoms with Crippen LogP contribution in [-0.2, 0) is 0 Å². The molecule has 0 aliphatic rings. The zero-order chi connectivity index (χ0) is 13.8. The molecule has 6 nitrogen and oxygen atoms in total. The van der Waals surface area contributed by atoms with Gasteiger partial charge >= 0.3 is 6.01 Å². The van der Waals surface area contributed by atoms with Crippen molar-refractivity contribution < 1.29 is 19.0 Å². The molecule has 0 radical (unpaired) electrons. The Kier molecular flexibility index (Phi) is 3.56. The van der Waals surface area contributed by atoms with Gasteiger partial charge in [-0.25, -0.2) is 9.37 Å². The molecule has 0 unspecified atom stereocenters. The summed E-state index contributed by atoms with van der Waals surface area (Å²) in [6.07, 6.45) is 0.767. The molecule has 0 aliphatic heterocycles. The number of rotatable bonds is 3. The van der Waals surface area contributed by atoms with E-state index in [1.54, 1.807) is 12.1 Å². The maximum absolute atomic E-state index is 13.3. The Morgan fingerprint density at radius 2 is 2.26 bits per heavy atom. The van der Waals surface area contributed by atoms with Crippen molar-refractivity contribution in [1.82, 2.24) is 9.97 Å². The van der Waals surface area contributed by atoms with E-state index in [4.69, 9.17) is 9.84 Å². The fourth-order valence-electron chi connectivity index (χ4n) is 1.39. The molecule has 0 aliphatic carbocycles. The molecule has 0 saturated heterocycles. The fraction of sp³-hybridized carbons (Fsp3) is 0.0833. The number of benzene rings is 1. The predicted molar refractivity (Wildman–Crippen MR) is 64.6 cm³/mol. The molecule has 0 saturated carbocycles. The highest BCUT2D eigenvalue weighted by molar-refractivity contribution is 6.04. The van der Waals surface area contributed by atoms with Gasteiger partial charge in [-0.1, -0.05) is 6.07 Å². The Labute approximate surface area is 107 Å². The lowest BCUT2D eigenvalue weighted by Crippen LogP contribution is -2.14. The lowest BCUT2D eigenvalue weighted by Gasteiger charge is -2.06. The van der Waals surface area contributed by atoms with E-state index in [9.17, 15) is 9.18 Å². The monoisotopic (exact) mass is 263 g/mol. The van der Waals surface area contributed by atoms with E-state index in [2.05, 4.69) is 15.3 Å². The van der Waals surface area contributed by atoms with E-state index in [1.165, 1.54) is 19.2 Å². The van der Waals surface area contributed by atoms with Crippen LogP contribution in [0.2, 0.25) is 0 Å². The van der Waals surface area contributed by atoms with Gasteiger partial charge in [-0.2, -0.15) is 4.98 Å². The Morgan fingerprint density at radius 1 is 1.47 bits per heavy atom. The molecule has 0 spiro atoms. The molecule has 0 bridgehead atoms. The number of aromatic hydroxyl groups is 1. The largest absolute Gasteiger partial charge is 0.497 e. The Morgan fingerprint density at radius 3 is 3.00 bits per heavy atom. The third-order valence-corrected chi connectivity index (χ3v) is 2.30. The zero-order valence-electron chi connectivity index (χ0n) is 9.92. The van der Waals surface area contributed by atoms with Crippen molar-refractivity contribution in [1.29, 1.82) is 0 Å². The first-order valence-electron chi connectivity index (χ1n) is 5.27. The lowest BCUT2D eigenvalue weighted by atomic mass is 10.2. The summed E-state index contributed by atoms with van der Waals surface area (Å²) < 4.78 is 18.3. The summed E-state index contributed by atoms with van der Waals surface area (Å²) in [6, 6.07) is 5.71. The van der Waals surface area contributed by atoms with E-state index < -0.39 is 17.7 Å². The van der Waals surface area contributed by atoms with Crippen LogP contribution in [0, 0.1) is 5.82 Å². The van der Waals surface area contributed by atoms with Gasteiger partial charge in [-0.05, 0) is 18.2 Å². The molecule has 19 heavy (non-hydrogen) atoms.